The van der Waals surface area contributed by atoms with Crippen molar-refractivity contribution in [3.8, 4) is 0 Å². The molecule has 0 aliphatic rings. The molecule has 6 heteroatoms. The highest BCUT2D eigenvalue weighted by molar-refractivity contribution is 7.80. The first kappa shape index (κ1) is 11.7. The van der Waals surface area contributed by atoms with E-state index in [2.05, 4.69) is 15.7 Å². The number of thiocarbonyl (C=S) groups is 1. The van der Waals surface area contributed by atoms with Gasteiger partial charge in [-0.2, -0.15) is 5.10 Å². The Morgan fingerprint density at radius 2 is 2.47 bits per heavy atom. The molecular weight excluding hydrogens is 236 g/mol. The van der Waals surface area contributed by atoms with Crippen LogP contribution in [-0.4, -0.2) is 14.9 Å². The quantitative estimate of drug-likeness (QED) is 0.813. The Hall–Kier alpha value is -1.82. The summed E-state index contributed by atoms with van der Waals surface area (Å²) >= 11 is 5.15. The average molecular weight is 250 g/mol. The summed E-state index contributed by atoms with van der Waals surface area (Å²) in [4.78, 5) is 0. The van der Waals surface area contributed by atoms with Gasteiger partial charge in [-0.05, 0) is 31.3 Å². The van der Waals surface area contributed by atoms with Crippen molar-refractivity contribution in [2.75, 3.05) is 5.32 Å². The van der Waals surface area contributed by atoms with Gasteiger partial charge in [0.25, 0.3) is 0 Å². The number of aryl methyl sites for hydroxylation is 1. The van der Waals surface area contributed by atoms with E-state index in [4.69, 9.17) is 16.6 Å². The lowest BCUT2D eigenvalue weighted by Gasteiger charge is -2.06. The second-order valence-electron chi connectivity index (χ2n) is 3.47. The molecule has 0 atom stereocenters. The van der Waals surface area contributed by atoms with E-state index in [0.717, 1.165) is 18.0 Å². The van der Waals surface area contributed by atoms with Crippen molar-refractivity contribution >= 4 is 23.0 Å². The summed E-state index contributed by atoms with van der Waals surface area (Å²) in [7, 11) is 0. The van der Waals surface area contributed by atoms with Crippen molar-refractivity contribution in [3.63, 3.8) is 0 Å². The van der Waals surface area contributed by atoms with E-state index in [1.165, 1.54) is 0 Å². The molecule has 0 fully saturated rings. The Bertz CT molecular complexity index is 477. The maximum absolute atomic E-state index is 5.19. The molecule has 0 aromatic carbocycles. The second kappa shape index (κ2) is 5.49. The van der Waals surface area contributed by atoms with Crippen molar-refractivity contribution in [3.05, 3.63) is 36.5 Å². The molecule has 2 aromatic rings. The van der Waals surface area contributed by atoms with Crippen LogP contribution in [0.1, 0.15) is 12.7 Å². The molecule has 90 valence electrons. The molecule has 0 aliphatic carbocycles. The van der Waals surface area contributed by atoms with Crippen LogP contribution in [0.2, 0.25) is 0 Å². The van der Waals surface area contributed by atoms with Crippen molar-refractivity contribution < 1.29 is 4.42 Å². The van der Waals surface area contributed by atoms with E-state index < -0.39 is 0 Å². The highest BCUT2D eigenvalue weighted by Gasteiger charge is 2.01. The van der Waals surface area contributed by atoms with Gasteiger partial charge in [0.05, 0.1) is 24.7 Å². The zero-order valence-corrected chi connectivity index (χ0v) is 10.3. The third-order valence-corrected chi connectivity index (χ3v) is 2.46. The fourth-order valence-corrected chi connectivity index (χ4v) is 1.55. The first-order valence-corrected chi connectivity index (χ1v) is 5.78. The summed E-state index contributed by atoms with van der Waals surface area (Å²) in [6.07, 6.45) is 5.28. The molecule has 0 unspecified atom stereocenters. The van der Waals surface area contributed by atoms with E-state index in [0.29, 0.717) is 11.7 Å². The predicted molar refractivity (Wildman–Crippen MR) is 69.7 cm³/mol. The van der Waals surface area contributed by atoms with Crippen molar-refractivity contribution in [1.82, 2.24) is 15.1 Å². The Balaban J connectivity index is 1.81. The molecule has 0 saturated carbocycles. The molecule has 2 rings (SSSR count). The molecule has 2 N–H and O–H groups in total. The molecular formula is C11H14N4OS. The van der Waals surface area contributed by atoms with Crippen molar-refractivity contribution in [2.45, 2.75) is 20.0 Å². The highest BCUT2D eigenvalue weighted by Crippen LogP contribution is 2.04. The monoisotopic (exact) mass is 250 g/mol. The molecule has 0 bridgehead atoms. The van der Waals surface area contributed by atoms with Crippen LogP contribution in [0.4, 0.5) is 5.69 Å². The number of hydrogen-bond donors (Lipinski definition) is 2. The molecule has 2 aromatic heterocycles. The molecule has 0 aliphatic heterocycles. The number of nitrogens with zero attached hydrogens (tertiary/aromatic N) is 2. The number of hydrogen-bond acceptors (Lipinski definition) is 3. The van der Waals surface area contributed by atoms with E-state index in [-0.39, 0.29) is 0 Å². The summed E-state index contributed by atoms with van der Waals surface area (Å²) in [6, 6.07) is 3.74. The van der Waals surface area contributed by atoms with E-state index >= 15 is 0 Å². The van der Waals surface area contributed by atoms with Gasteiger partial charge >= 0.3 is 0 Å². The lowest BCUT2D eigenvalue weighted by molar-refractivity contribution is 0.503. The van der Waals surface area contributed by atoms with Gasteiger partial charge in [-0.1, -0.05) is 0 Å². The topological polar surface area (TPSA) is 55.0 Å². The third kappa shape index (κ3) is 3.32. The van der Waals surface area contributed by atoms with Crippen molar-refractivity contribution in [2.24, 2.45) is 0 Å². The van der Waals surface area contributed by atoms with Gasteiger partial charge < -0.3 is 15.1 Å². The SMILES string of the molecule is CCn1cc(NC(=S)NCc2ccco2)cn1. The van der Waals surface area contributed by atoms with Crippen LogP contribution in [-0.2, 0) is 13.1 Å². The van der Waals surface area contributed by atoms with Gasteiger partial charge in [0.2, 0.25) is 0 Å². The normalized spacial score (nSPS) is 10.2. The van der Waals surface area contributed by atoms with Gasteiger partial charge in [0.15, 0.2) is 5.11 Å². The van der Waals surface area contributed by atoms with Gasteiger partial charge in [-0.25, -0.2) is 0 Å². The zero-order valence-electron chi connectivity index (χ0n) is 9.51. The first-order chi connectivity index (χ1) is 8.28. The maximum atomic E-state index is 5.19. The van der Waals surface area contributed by atoms with Crippen LogP contribution in [0.5, 0.6) is 0 Å². The van der Waals surface area contributed by atoms with E-state index in [9.17, 15) is 0 Å². The van der Waals surface area contributed by atoms with Crippen LogP contribution in [0.25, 0.3) is 0 Å². The maximum Gasteiger partial charge on any atom is 0.171 e. The minimum Gasteiger partial charge on any atom is -0.467 e. The molecule has 0 radical (unpaired) electrons. The molecule has 2 heterocycles. The molecule has 0 spiro atoms. The number of rotatable bonds is 4. The minimum atomic E-state index is 0.553. The van der Waals surface area contributed by atoms with Crippen molar-refractivity contribution in [1.29, 1.82) is 0 Å². The molecule has 0 amide bonds. The van der Waals surface area contributed by atoms with Crippen LogP contribution in [0.15, 0.2) is 35.2 Å². The highest BCUT2D eigenvalue weighted by atomic mass is 32.1. The molecule has 0 saturated heterocycles. The number of nitrogens with one attached hydrogen (secondary N) is 2. The fraction of sp³-hybridized carbons (Fsp3) is 0.273. The zero-order chi connectivity index (χ0) is 12.1. The summed E-state index contributed by atoms with van der Waals surface area (Å²) < 4.78 is 7.02. The Morgan fingerprint density at radius 1 is 1.59 bits per heavy atom. The lowest BCUT2D eigenvalue weighted by Crippen LogP contribution is -2.27. The smallest absolute Gasteiger partial charge is 0.171 e. The van der Waals surface area contributed by atoms with Crippen LogP contribution >= 0.6 is 12.2 Å². The summed E-state index contributed by atoms with van der Waals surface area (Å²) in [5, 5.41) is 10.8. The molecule has 5 nitrogen and oxygen atoms in total. The number of anilines is 1. The van der Waals surface area contributed by atoms with Gasteiger partial charge in [-0.3, -0.25) is 4.68 Å². The summed E-state index contributed by atoms with van der Waals surface area (Å²) in [6.45, 7) is 3.44. The van der Waals surface area contributed by atoms with Gasteiger partial charge in [0.1, 0.15) is 5.76 Å². The second-order valence-corrected chi connectivity index (χ2v) is 3.88. The molecule has 17 heavy (non-hydrogen) atoms. The van der Waals surface area contributed by atoms with Gasteiger partial charge in [0, 0.05) is 12.7 Å². The van der Waals surface area contributed by atoms with Gasteiger partial charge in [-0.15, -0.1) is 0 Å². The third-order valence-electron chi connectivity index (χ3n) is 2.22. The summed E-state index contributed by atoms with van der Waals surface area (Å²) in [5.41, 5.74) is 0.879. The van der Waals surface area contributed by atoms with Crippen LogP contribution < -0.4 is 10.6 Å². The van der Waals surface area contributed by atoms with E-state index in [1.54, 1.807) is 12.5 Å². The minimum absolute atomic E-state index is 0.553. The predicted octanol–water partition coefficient (Wildman–Crippen LogP) is 1.98. The van der Waals surface area contributed by atoms with Crippen LogP contribution in [0.3, 0.4) is 0 Å². The Kier molecular flexibility index (Phi) is 3.77. The summed E-state index contributed by atoms with van der Waals surface area (Å²) in [5.74, 6) is 0.846. The Labute approximate surface area is 105 Å². The lowest BCUT2D eigenvalue weighted by atomic mass is 10.4. The van der Waals surface area contributed by atoms with Crippen LogP contribution in [0, 0.1) is 0 Å². The fourth-order valence-electron chi connectivity index (χ4n) is 1.36. The number of furan rings is 1. The number of aromatic nitrogens is 2. The van der Waals surface area contributed by atoms with E-state index in [1.807, 2.05) is 29.9 Å². The average Bonchev–Trinajstić information content (AvgIpc) is 2.97. The largest absolute Gasteiger partial charge is 0.467 e. The first-order valence-electron chi connectivity index (χ1n) is 5.37. The standard InChI is InChI=1S/C11H14N4OS/c1-2-15-8-9(6-13-15)14-11(17)12-7-10-4-3-5-16-10/h3-6,8H,2,7H2,1H3,(H2,12,14,17). The Morgan fingerprint density at radius 3 is 3.12 bits per heavy atom.